The summed E-state index contributed by atoms with van der Waals surface area (Å²) in [5.74, 6) is 1.20. The van der Waals surface area contributed by atoms with Gasteiger partial charge in [0.05, 0.1) is 0 Å². The van der Waals surface area contributed by atoms with Crippen molar-refractivity contribution in [3.05, 3.63) is 95.4 Å². The largest absolute Gasteiger partial charge is 0.456 e. The average molecular weight is 319 g/mol. The van der Waals surface area contributed by atoms with Crippen LogP contribution in [0.25, 0.3) is 0 Å². The summed E-state index contributed by atoms with van der Waals surface area (Å²) < 4.78 is 5.36. The highest BCUT2D eigenvalue weighted by atomic mass is 16.3. The number of benzene rings is 2. The topological polar surface area (TPSA) is 42.2 Å². The third-order valence-electron chi connectivity index (χ3n) is 4.09. The zero-order valence-corrected chi connectivity index (χ0v) is 13.7. The predicted octanol–water partition coefficient (Wildman–Crippen LogP) is 4.54. The van der Waals surface area contributed by atoms with Crippen molar-refractivity contribution in [3.63, 3.8) is 0 Å². The van der Waals surface area contributed by atoms with E-state index in [1.54, 1.807) is 12.1 Å². The van der Waals surface area contributed by atoms with Crippen LogP contribution in [0.3, 0.4) is 0 Å². The molecule has 0 bridgehead atoms. The van der Waals surface area contributed by atoms with Gasteiger partial charge in [-0.2, -0.15) is 0 Å². The lowest BCUT2D eigenvalue weighted by Crippen LogP contribution is -2.25. The van der Waals surface area contributed by atoms with E-state index in [1.807, 2.05) is 19.1 Å². The Kier molecular flexibility index (Phi) is 5.12. The van der Waals surface area contributed by atoms with Crippen molar-refractivity contribution in [2.24, 2.45) is 0 Å². The van der Waals surface area contributed by atoms with Gasteiger partial charge in [-0.25, -0.2) is 0 Å². The molecule has 0 aliphatic heterocycles. The second kappa shape index (κ2) is 7.64. The molecule has 3 rings (SSSR count). The van der Waals surface area contributed by atoms with Crippen LogP contribution in [0.5, 0.6) is 0 Å². The molecular formula is C21H21NO2. The van der Waals surface area contributed by atoms with E-state index in [0.717, 1.165) is 12.2 Å². The van der Waals surface area contributed by atoms with Crippen molar-refractivity contribution in [1.82, 2.24) is 5.32 Å². The van der Waals surface area contributed by atoms with Gasteiger partial charge in [0.15, 0.2) is 5.76 Å². The first kappa shape index (κ1) is 16.1. The molecule has 0 aliphatic rings. The van der Waals surface area contributed by atoms with E-state index >= 15 is 0 Å². The Hall–Kier alpha value is -2.81. The first-order valence-corrected chi connectivity index (χ1v) is 8.18. The second-order valence-corrected chi connectivity index (χ2v) is 5.83. The minimum absolute atomic E-state index is 0.164. The molecule has 0 fully saturated rings. The lowest BCUT2D eigenvalue weighted by Gasteiger charge is -2.18. The lowest BCUT2D eigenvalue weighted by molar-refractivity contribution is 0.0924. The number of furan rings is 1. The summed E-state index contributed by atoms with van der Waals surface area (Å²) in [6.45, 7) is 2.42. The van der Waals surface area contributed by atoms with E-state index in [4.69, 9.17) is 4.42 Å². The summed E-state index contributed by atoms with van der Waals surface area (Å²) in [4.78, 5) is 12.1. The van der Waals surface area contributed by atoms with Gasteiger partial charge >= 0.3 is 0 Å². The zero-order valence-electron chi connectivity index (χ0n) is 13.7. The summed E-state index contributed by atoms with van der Waals surface area (Å²) in [6.07, 6.45) is 0.833. The lowest BCUT2D eigenvalue weighted by atomic mass is 9.88. The van der Waals surface area contributed by atoms with E-state index in [1.165, 1.54) is 11.1 Å². The van der Waals surface area contributed by atoms with Crippen LogP contribution in [-0.4, -0.2) is 12.5 Å². The van der Waals surface area contributed by atoms with Gasteiger partial charge in [-0.1, -0.05) is 60.7 Å². The molecule has 1 N–H and O–H groups in total. The minimum Gasteiger partial charge on any atom is -0.456 e. The molecule has 1 heterocycles. The van der Waals surface area contributed by atoms with E-state index in [-0.39, 0.29) is 11.8 Å². The normalized spacial score (nSPS) is 10.8. The number of carbonyl (C=O) groups is 1. The van der Waals surface area contributed by atoms with Gasteiger partial charge in [-0.05, 0) is 36.6 Å². The maximum atomic E-state index is 12.1. The highest BCUT2D eigenvalue weighted by molar-refractivity contribution is 5.91. The van der Waals surface area contributed by atoms with Crippen LogP contribution >= 0.6 is 0 Å². The minimum atomic E-state index is -0.164. The van der Waals surface area contributed by atoms with E-state index in [9.17, 15) is 4.79 Å². The van der Waals surface area contributed by atoms with Crippen LogP contribution in [0.1, 0.15) is 39.8 Å². The summed E-state index contributed by atoms with van der Waals surface area (Å²) in [6, 6.07) is 24.3. The van der Waals surface area contributed by atoms with Crippen LogP contribution in [-0.2, 0) is 0 Å². The van der Waals surface area contributed by atoms with Crippen molar-refractivity contribution in [1.29, 1.82) is 0 Å². The molecule has 0 spiro atoms. The monoisotopic (exact) mass is 319 g/mol. The molecular weight excluding hydrogens is 298 g/mol. The van der Waals surface area contributed by atoms with E-state index in [2.05, 4.69) is 53.8 Å². The Morgan fingerprint density at radius 1 is 0.917 bits per heavy atom. The Bertz CT molecular complexity index is 738. The molecule has 0 radical (unpaired) electrons. The maximum Gasteiger partial charge on any atom is 0.286 e. The molecule has 0 saturated carbocycles. The number of amides is 1. The Morgan fingerprint density at radius 3 is 2.00 bits per heavy atom. The van der Waals surface area contributed by atoms with E-state index < -0.39 is 0 Å². The van der Waals surface area contributed by atoms with Gasteiger partial charge in [-0.15, -0.1) is 0 Å². The SMILES string of the molecule is Cc1ccc(C(=O)NCCC(c2ccccc2)c2ccccc2)o1. The Labute approximate surface area is 142 Å². The molecule has 2 aromatic carbocycles. The molecule has 1 aromatic heterocycles. The third kappa shape index (κ3) is 3.93. The molecule has 3 nitrogen and oxygen atoms in total. The van der Waals surface area contributed by atoms with Gasteiger partial charge in [0.25, 0.3) is 5.91 Å². The Morgan fingerprint density at radius 2 is 1.50 bits per heavy atom. The predicted molar refractivity (Wildman–Crippen MR) is 95.1 cm³/mol. The highest BCUT2D eigenvalue weighted by Crippen LogP contribution is 2.27. The first-order chi connectivity index (χ1) is 11.7. The summed E-state index contributed by atoms with van der Waals surface area (Å²) >= 11 is 0. The quantitative estimate of drug-likeness (QED) is 0.725. The smallest absolute Gasteiger partial charge is 0.286 e. The third-order valence-corrected chi connectivity index (χ3v) is 4.09. The van der Waals surface area contributed by atoms with Crippen LogP contribution < -0.4 is 5.32 Å². The first-order valence-electron chi connectivity index (χ1n) is 8.18. The van der Waals surface area contributed by atoms with Crippen molar-refractivity contribution in [2.45, 2.75) is 19.3 Å². The maximum absolute atomic E-state index is 12.1. The molecule has 0 aliphatic carbocycles. The number of hydrogen-bond donors (Lipinski definition) is 1. The van der Waals surface area contributed by atoms with E-state index in [0.29, 0.717) is 12.3 Å². The number of hydrogen-bond acceptors (Lipinski definition) is 2. The molecule has 3 heteroatoms. The van der Waals surface area contributed by atoms with Gasteiger partial charge in [0, 0.05) is 12.5 Å². The molecule has 0 atom stereocenters. The van der Waals surface area contributed by atoms with Gasteiger partial charge in [-0.3, -0.25) is 4.79 Å². The summed E-state index contributed by atoms with van der Waals surface area (Å²) in [7, 11) is 0. The zero-order chi connectivity index (χ0) is 16.8. The van der Waals surface area contributed by atoms with Gasteiger partial charge in [0.2, 0.25) is 0 Å². The van der Waals surface area contributed by atoms with Crippen LogP contribution in [0.15, 0.2) is 77.2 Å². The van der Waals surface area contributed by atoms with Crippen LogP contribution in [0, 0.1) is 6.92 Å². The number of nitrogens with one attached hydrogen (secondary N) is 1. The summed E-state index contributed by atoms with van der Waals surface area (Å²) in [5, 5.41) is 2.95. The van der Waals surface area contributed by atoms with Crippen molar-refractivity contribution in [2.75, 3.05) is 6.54 Å². The fourth-order valence-electron chi connectivity index (χ4n) is 2.87. The van der Waals surface area contributed by atoms with Gasteiger partial charge < -0.3 is 9.73 Å². The van der Waals surface area contributed by atoms with Crippen molar-refractivity contribution < 1.29 is 9.21 Å². The van der Waals surface area contributed by atoms with Crippen molar-refractivity contribution >= 4 is 5.91 Å². The van der Waals surface area contributed by atoms with Crippen molar-refractivity contribution in [3.8, 4) is 0 Å². The number of carbonyl (C=O) groups excluding carboxylic acids is 1. The molecule has 3 aromatic rings. The van der Waals surface area contributed by atoms with Crippen LogP contribution in [0.4, 0.5) is 0 Å². The second-order valence-electron chi connectivity index (χ2n) is 5.83. The molecule has 0 saturated heterocycles. The average Bonchev–Trinajstić information content (AvgIpc) is 3.07. The number of rotatable bonds is 6. The summed E-state index contributed by atoms with van der Waals surface area (Å²) in [5.41, 5.74) is 2.51. The van der Waals surface area contributed by atoms with Gasteiger partial charge in [0.1, 0.15) is 5.76 Å². The molecule has 122 valence electrons. The molecule has 1 amide bonds. The Balaban J connectivity index is 1.68. The molecule has 24 heavy (non-hydrogen) atoms. The molecule has 0 unspecified atom stereocenters. The fourth-order valence-corrected chi connectivity index (χ4v) is 2.87. The highest BCUT2D eigenvalue weighted by Gasteiger charge is 2.15. The number of aryl methyl sites for hydroxylation is 1. The fraction of sp³-hybridized carbons (Fsp3) is 0.190. The standard InChI is InChI=1S/C21H21NO2/c1-16-12-13-20(24-16)21(23)22-15-14-19(17-8-4-2-5-9-17)18-10-6-3-7-11-18/h2-13,19H,14-15H2,1H3,(H,22,23). The van der Waals surface area contributed by atoms with Crippen LogP contribution in [0.2, 0.25) is 0 Å².